The molecule has 0 aromatic heterocycles. The standard InChI is InChI=1S/C11H11NO/c1-11(7-12)6-8-3-4-9(13-2)5-10(8)11/h3-5H,6H2,1-2H3. The minimum absolute atomic E-state index is 0.288. The van der Waals surface area contributed by atoms with Crippen molar-refractivity contribution in [2.45, 2.75) is 18.8 Å². The van der Waals surface area contributed by atoms with Gasteiger partial charge >= 0.3 is 0 Å². The number of rotatable bonds is 1. The van der Waals surface area contributed by atoms with Gasteiger partial charge in [0.2, 0.25) is 0 Å². The molecule has 1 aromatic carbocycles. The maximum Gasteiger partial charge on any atom is 0.119 e. The predicted octanol–water partition coefficient (Wildman–Crippen LogP) is 2.03. The number of benzene rings is 1. The molecular formula is C11H11NO. The fraction of sp³-hybridized carbons (Fsp3) is 0.364. The minimum Gasteiger partial charge on any atom is -0.497 e. The lowest BCUT2D eigenvalue weighted by Crippen LogP contribution is -2.33. The molecule has 13 heavy (non-hydrogen) atoms. The van der Waals surface area contributed by atoms with Gasteiger partial charge in [-0.05, 0) is 36.6 Å². The molecule has 1 unspecified atom stereocenters. The molecule has 0 fully saturated rings. The number of fused-ring (bicyclic) bond motifs is 1. The number of hydrogen-bond donors (Lipinski definition) is 0. The van der Waals surface area contributed by atoms with Gasteiger partial charge in [0.05, 0.1) is 18.6 Å². The third-order valence-electron chi connectivity index (χ3n) is 2.70. The zero-order valence-corrected chi connectivity index (χ0v) is 7.79. The molecule has 0 aliphatic heterocycles. The molecule has 66 valence electrons. The number of methoxy groups -OCH3 is 1. The highest BCUT2D eigenvalue weighted by atomic mass is 16.5. The molecule has 0 heterocycles. The molecule has 2 rings (SSSR count). The zero-order chi connectivity index (χ0) is 9.47. The fourth-order valence-corrected chi connectivity index (χ4v) is 1.82. The van der Waals surface area contributed by atoms with Crippen LogP contribution in [-0.4, -0.2) is 7.11 Å². The van der Waals surface area contributed by atoms with Crippen LogP contribution in [0.2, 0.25) is 0 Å². The third kappa shape index (κ3) is 1.01. The first-order valence-electron chi connectivity index (χ1n) is 4.28. The Kier molecular flexibility index (Phi) is 1.56. The van der Waals surface area contributed by atoms with E-state index in [0.29, 0.717) is 0 Å². The van der Waals surface area contributed by atoms with E-state index in [-0.39, 0.29) is 5.41 Å². The minimum atomic E-state index is -0.288. The van der Waals surface area contributed by atoms with Crippen molar-refractivity contribution in [3.05, 3.63) is 29.3 Å². The Morgan fingerprint density at radius 1 is 1.54 bits per heavy atom. The maximum atomic E-state index is 8.96. The summed E-state index contributed by atoms with van der Waals surface area (Å²) in [5.41, 5.74) is 2.10. The Balaban J connectivity index is 2.47. The van der Waals surface area contributed by atoms with Crippen LogP contribution >= 0.6 is 0 Å². The van der Waals surface area contributed by atoms with E-state index in [9.17, 15) is 0 Å². The third-order valence-corrected chi connectivity index (χ3v) is 2.70. The van der Waals surface area contributed by atoms with E-state index < -0.39 is 0 Å². The largest absolute Gasteiger partial charge is 0.497 e. The molecule has 0 N–H and O–H groups in total. The van der Waals surface area contributed by atoms with Gasteiger partial charge in [0.15, 0.2) is 0 Å². The molecule has 0 spiro atoms. The van der Waals surface area contributed by atoms with Gasteiger partial charge in [-0.15, -0.1) is 0 Å². The van der Waals surface area contributed by atoms with Crippen molar-refractivity contribution in [1.29, 1.82) is 5.26 Å². The number of nitriles is 1. The van der Waals surface area contributed by atoms with Gasteiger partial charge < -0.3 is 4.74 Å². The van der Waals surface area contributed by atoms with Crippen LogP contribution < -0.4 is 4.74 Å². The first kappa shape index (κ1) is 8.12. The molecule has 2 nitrogen and oxygen atoms in total. The summed E-state index contributed by atoms with van der Waals surface area (Å²) >= 11 is 0. The van der Waals surface area contributed by atoms with E-state index in [1.54, 1.807) is 7.11 Å². The van der Waals surface area contributed by atoms with E-state index in [1.165, 1.54) is 5.56 Å². The smallest absolute Gasteiger partial charge is 0.119 e. The number of nitrogens with zero attached hydrogens (tertiary/aromatic N) is 1. The molecule has 0 radical (unpaired) electrons. The highest BCUT2D eigenvalue weighted by Gasteiger charge is 2.38. The molecule has 1 aliphatic carbocycles. The van der Waals surface area contributed by atoms with E-state index in [1.807, 2.05) is 25.1 Å². The average molecular weight is 173 g/mol. The second-order valence-corrected chi connectivity index (χ2v) is 3.64. The van der Waals surface area contributed by atoms with Gasteiger partial charge in [0, 0.05) is 0 Å². The zero-order valence-electron chi connectivity index (χ0n) is 7.79. The van der Waals surface area contributed by atoms with Crippen molar-refractivity contribution in [3.8, 4) is 11.8 Å². The molecule has 0 saturated heterocycles. The Bertz CT molecular complexity index is 392. The topological polar surface area (TPSA) is 33.0 Å². The number of ether oxygens (including phenoxy) is 1. The summed E-state index contributed by atoms with van der Waals surface area (Å²) in [5.74, 6) is 0.833. The van der Waals surface area contributed by atoms with E-state index in [4.69, 9.17) is 10.00 Å². The lowest BCUT2D eigenvalue weighted by molar-refractivity contribution is 0.410. The SMILES string of the molecule is COc1ccc2c(c1)C(C)(C#N)C2. The summed E-state index contributed by atoms with van der Waals surface area (Å²) in [4.78, 5) is 0. The molecule has 0 bridgehead atoms. The summed E-state index contributed by atoms with van der Waals surface area (Å²) in [6, 6.07) is 8.27. The fourth-order valence-electron chi connectivity index (χ4n) is 1.82. The van der Waals surface area contributed by atoms with Crippen molar-refractivity contribution in [1.82, 2.24) is 0 Å². The van der Waals surface area contributed by atoms with Crippen LogP contribution in [0, 0.1) is 11.3 Å². The predicted molar refractivity (Wildman–Crippen MR) is 49.7 cm³/mol. The number of hydrogen-bond acceptors (Lipinski definition) is 2. The van der Waals surface area contributed by atoms with Crippen molar-refractivity contribution < 1.29 is 4.74 Å². The first-order valence-corrected chi connectivity index (χ1v) is 4.28. The molecule has 1 aliphatic rings. The van der Waals surface area contributed by atoms with Crippen molar-refractivity contribution in [2.24, 2.45) is 0 Å². The lowest BCUT2D eigenvalue weighted by atomic mass is 9.66. The Hall–Kier alpha value is -1.49. The van der Waals surface area contributed by atoms with Gasteiger partial charge in [-0.3, -0.25) is 0 Å². The van der Waals surface area contributed by atoms with E-state index >= 15 is 0 Å². The van der Waals surface area contributed by atoms with Gasteiger partial charge in [-0.1, -0.05) is 6.07 Å². The van der Waals surface area contributed by atoms with Crippen LogP contribution in [0.5, 0.6) is 5.75 Å². The van der Waals surface area contributed by atoms with Gasteiger partial charge in [0.1, 0.15) is 5.75 Å². The summed E-state index contributed by atoms with van der Waals surface area (Å²) in [6.07, 6.45) is 0.864. The maximum absolute atomic E-state index is 8.96. The summed E-state index contributed by atoms with van der Waals surface area (Å²) in [5, 5.41) is 8.96. The Labute approximate surface area is 77.8 Å². The monoisotopic (exact) mass is 173 g/mol. The average Bonchev–Trinajstić information content (AvgIpc) is 2.16. The lowest BCUT2D eigenvalue weighted by Gasteiger charge is -2.35. The molecule has 0 saturated carbocycles. The van der Waals surface area contributed by atoms with Crippen LogP contribution in [0.4, 0.5) is 0 Å². The van der Waals surface area contributed by atoms with Gasteiger partial charge in [-0.2, -0.15) is 5.26 Å². The summed E-state index contributed by atoms with van der Waals surface area (Å²) < 4.78 is 5.11. The van der Waals surface area contributed by atoms with Gasteiger partial charge in [0.25, 0.3) is 0 Å². The molecule has 0 amide bonds. The van der Waals surface area contributed by atoms with E-state index in [2.05, 4.69) is 6.07 Å². The first-order chi connectivity index (χ1) is 6.19. The van der Waals surface area contributed by atoms with Crippen molar-refractivity contribution in [2.75, 3.05) is 7.11 Å². The highest BCUT2D eigenvalue weighted by molar-refractivity contribution is 5.52. The van der Waals surface area contributed by atoms with Crippen LogP contribution in [0.1, 0.15) is 18.1 Å². The van der Waals surface area contributed by atoms with Crippen LogP contribution in [0.25, 0.3) is 0 Å². The summed E-state index contributed by atoms with van der Waals surface area (Å²) in [6.45, 7) is 1.97. The molecule has 1 atom stereocenters. The highest BCUT2D eigenvalue weighted by Crippen LogP contribution is 2.41. The second kappa shape index (κ2) is 2.50. The van der Waals surface area contributed by atoms with Crippen molar-refractivity contribution >= 4 is 0 Å². The Morgan fingerprint density at radius 3 is 2.92 bits per heavy atom. The summed E-state index contributed by atoms with van der Waals surface area (Å²) in [7, 11) is 1.64. The van der Waals surface area contributed by atoms with Crippen LogP contribution in [0.15, 0.2) is 18.2 Å². The molecule has 1 aromatic rings. The van der Waals surface area contributed by atoms with Crippen LogP contribution in [-0.2, 0) is 11.8 Å². The molecular weight excluding hydrogens is 162 g/mol. The van der Waals surface area contributed by atoms with E-state index in [0.717, 1.165) is 17.7 Å². The second-order valence-electron chi connectivity index (χ2n) is 3.64. The molecule has 2 heteroatoms. The van der Waals surface area contributed by atoms with Gasteiger partial charge in [-0.25, -0.2) is 0 Å². The van der Waals surface area contributed by atoms with Crippen LogP contribution in [0.3, 0.4) is 0 Å². The Morgan fingerprint density at radius 2 is 2.31 bits per heavy atom. The normalized spacial score (nSPS) is 24.1. The van der Waals surface area contributed by atoms with Crippen molar-refractivity contribution in [3.63, 3.8) is 0 Å². The quantitative estimate of drug-likeness (QED) is 0.651.